The van der Waals surface area contributed by atoms with Crippen molar-refractivity contribution >= 4 is 11.4 Å². The molecule has 0 radical (unpaired) electrons. The van der Waals surface area contributed by atoms with E-state index in [0.29, 0.717) is 5.69 Å². The van der Waals surface area contributed by atoms with Gasteiger partial charge in [0.1, 0.15) is 12.2 Å². The fourth-order valence-electron chi connectivity index (χ4n) is 1.99. The smallest absolute Gasteiger partial charge is 0.258 e. The third-order valence-corrected chi connectivity index (χ3v) is 3.08. The van der Waals surface area contributed by atoms with Gasteiger partial charge in [0.05, 0.1) is 4.92 Å². The number of non-ortho nitro benzene ring substituents is 1. The number of anilines is 1. The minimum Gasteiger partial charge on any atom is -0.258 e. The van der Waals surface area contributed by atoms with Crippen LogP contribution < -0.4 is 5.01 Å². The van der Waals surface area contributed by atoms with Crippen LogP contribution in [0.25, 0.3) is 11.1 Å². The van der Waals surface area contributed by atoms with Crippen molar-refractivity contribution in [2.45, 2.75) is 0 Å². The molecule has 0 spiro atoms. The third-order valence-electron chi connectivity index (χ3n) is 3.08. The van der Waals surface area contributed by atoms with Crippen molar-refractivity contribution in [1.29, 1.82) is 0 Å². The van der Waals surface area contributed by atoms with Gasteiger partial charge in [-0.05, 0) is 35.4 Å². The molecule has 0 heterocycles. The lowest BCUT2D eigenvalue weighted by atomic mass is 10.1. The highest BCUT2D eigenvalue weighted by molar-refractivity contribution is 5.67. The summed E-state index contributed by atoms with van der Waals surface area (Å²) < 4.78 is 0. The van der Waals surface area contributed by atoms with Gasteiger partial charge in [-0.1, -0.05) is 23.2 Å². The molecule has 112 valence electrons. The largest absolute Gasteiger partial charge is 0.269 e. The SMILES string of the molecule is C=CCN(c1ccc(-c2ccc([N+](=O)[O-])cc2)cc1)[N+](=O)[O-]. The van der Waals surface area contributed by atoms with Crippen molar-refractivity contribution < 1.29 is 9.96 Å². The van der Waals surface area contributed by atoms with Gasteiger partial charge in [-0.15, -0.1) is 6.58 Å². The molecule has 2 aromatic carbocycles. The summed E-state index contributed by atoms with van der Waals surface area (Å²) in [5.41, 5.74) is 2.08. The molecule has 7 heteroatoms. The van der Waals surface area contributed by atoms with Gasteiger partial charge in [-0.2, -0.15) is 0 Å². The van der Waals surface area contributed by atoms with Crippen molar-refractivity contribution in [3.05, 3.63) is 81.4 Å². The van der Waals surface area contributed by atoms with Gasteiger partial charge in [0, 0.05) is 12.1 Å². The Morgan fingerprint density at radius 1 is 0.955 bits per heavy atom. The molecule has 0 saturated heterocycles. The van der Waals surface area contributed by atoms with Gasteiger partial charge >= 0.3 is 0 Å². The summed E-state index contributed by atoms with van der Waals surface area (Å²) in [7, 11) is 0. The van der Waals surface area contributed by atoms with Gasteiger partial charge in [-0.25, -0.2) is 10.1 Å². The lowest BCUT2D eigenvalue weighted by molar-refractivity contribution is -0.493. The normalized spacial score (nSPS) is 10.0. The maximum absolute atomic E-state index is 11.0. The van der Waals surface area contributed by atoms with E-state index in [0.717, 1.165) is 16.1 Å². The van der Waals surface area contributed by atoms with E-state index >= 15 is 0 Å². The van der Waals surface area contributed by atoms with Crippen LogP contribution in [0.1, 0.15) is 0 Å². The highest BCUT2D eigenvalue weighted by atomic mass is 16.7. The number of nitrogens with zero attached hydrogens (tertiary/aromatic N) is 3. The molecular formula is C15H13N3O4. The van der Waals surface area contributed by atoms with Crippen LogP contribution in [-0.2, 0) is 0 Å². The van der Waals surface area contributed by atoms with Crippen LogP contribution in [0.4, 0.5) is 11.4 Å². The van der Waals surface area contributed by atoms with Crippen LogP contribution in [0.2, 0.25) is 0 Å². The molecule has 0 aliphatic heterocycles. The minimum atomic E-state index is -0.497. The topological polar surface area (TPSA) is 89.5 Å². The Kier molecular flexibility index (Phi) is 4.47. The number of benzene rings is 2. The Hall–Kier alpha value is -3.22. The van der Waals surface area contributed by atoms with Crippen molar-refractivity contribution in [2.75, 3.05) is 11.6 Å². The molecule has 2 rings (SSSR count). The second-order valence-electron chi connectivity index (χ2n) is 4.46. The van der Waals surface area contributed by atoms with Gasteiger partial charge in [0.15, 0.2) is 5.03 Å². The highest BCUT2D eigenvalue weighted by Crippen LogP contribution is 2.25. The highest BCUT2D eigenvalue weighted by Gasteiger charge is 2.15. The average Bonchev–Trinajstić information content (AvgIpc) is 2.52. The Bertz CT molecular complexity index is 696. The zero-order chi connectivity index (χ0) is 16.1. The molecule has 0 aliphatic carbocycles. The van der Waals surface area contributed by atoms with Crippen molar-refractivity contribution in [3.8, 4) is 11.1 Å². The minimum absolute atomic E-state index is 0.0193. The number of hydrazine groups is 1. The Morgan fingerprint density at radius 2 is 1.45 bits per heavy atom. The molecule has 2 aromatic rings. The second kappa shape index (κ2) is 6.49. The molecule has 0 fully saturated rings. The molecule has 0 aliphatic rings. The Morgan fingerprint density at radius 3 is 1.86 bits per heavy atom. The first kappa shape index (κ1) is 15.2. The van der Waals surface area contributed by atoms with E-state index in [1.807, 2.05) is 0 Å². The van der Waals surface area contributed by atoms with Crippen LogP contribution in [0, 0.1) is 20.2 Å². The van der Waals surface area contributed by atoms with Gasteiger partial charge in [-0.3, -0.25) is 10.1 Å². The molecule has 0 amide bonds. The van der Waals surface area contributed by atoms with Crippen LogP contribution >= 0.6 is 0 Å². The molecule has 0 bridgehead atoms. The maximum Gasteiger partial charge on any atom is 0.269 e. The first-order chi connectivity index (χ1) is 10.5. The van der Waals surface area contributed by atoms with Crippen molar-refractivity contribution in [1.82, 2.24) is 0 Å². The molecule has 22 heavy (non-hydrogen) atoms. The Balaban J connectivity index is 2.26. The predicted octanol–water partition coefficient (Wildman–Crippen LogP) is 3.45. The summed E-state index contributed by atoms with van der Waals surface area (Å²) in [5.74, 6) is 0. The molecule has 0 aromatic heterocycles. The lowest BCUT2D eigenvalue weighted by Gasteiger charge is -2.12. The van der Waals surface area contributed by atoms with E-state index in [9.17, 15) is 20.2 Å². The predicted molar refractivity (Wildman–Crippen MR) is 83.1 cm³/mol. The van der Waals surface area contributed by atoms with E-state index < -0.39 is 9.96 Å². The standard InChI is InChI=1S/C15H13N3O4/c1-2-11-16(18(21)22)14-7-3-12(4-8-14)13-5-9-15(10-6-13)17(19)20/h2-10H,1,11H2. The van der Waals surface area contributed by atoms with Gasteiger partial charge in [0.2, 0.25) is 0 Å². The third kappa shape index (κ3) is 3.26. The van der Waals surface area contributed by atoms with E-state index in [2.05, 4.69) is 6.58 Å². The number of nitro benzene ring substituents is 1. The molecule has 7 nitrogen and oxygen atoms in total. The Labute approximate surface area is 126 Å². The summed E-state index contributed by atoms with van der Waals surface area (Å²) >= 11 is 0. The summed E-state index contributed by atoms with van der Waals surface area (Å²) in [4.78, 5) is 21.1. The van der Waals surface area contributed by atoms with E-state index in [1.54, 1.807) is 36.4 Å². The zero-order valence-electron chi connectivity index (χ0n) is 11.6. The van der Waals surface area contributed by atoms with Crippen molar-refractivity contribution in [3.63, 3.8) is 0 Å². The van der Waals surface area contributed by atoms with Gasteiger partial charge < -0.3 is 0 Å². The molecular weight excluding hydrogens is 286 g/mol. The monoisotopic (exact) mass is 299 g/mol. The van der Waals surface area contributed by atoms with E-state index in [-0.39, 0.29) is 12.2 Å². The summed E-state index contributed by atoms with van der Waals surface area (Å²) in [6, 6.07) is 12.8. The van der Waals surface area contributed by atoms with E-state index in [1.165, 1.54) is 18.2 Å². The molecule has 0 N–H and O–H groups in total. The maximum atomic E-state index is 11.0. The first-order valence-electron chi connectivity index (χ1n) is 6.40. The summed E-state index contributed by atoms with van der Waals surface area (Å²) in [5, 5.41) is 22.1. The lowest BCUT2D eigenvalue weighted by Crippen LogP contribution is -2.29. The van der Waals surface area contributed by atoms with E-state index in [4.69, 9.17) is 0 Å². The summed E-state index contributed by atoms with van der Waals surface area (Å²) in [6.45, 7) is 3.60. The summed E-state index contributed by atoms with van der Waals surface area (Å²) in [6.07, 6.45) is 1.45. The quantitative estimate of drug-likeness (QED) is 0.463. The second-order valence-corrected chi connectivity index (χ2v) is 4.46. The molecule has 0 unspecified atom stereocenters. The van der Waals surface area contributed by atoms with Crippen LogP contribution in [0.15, 0.2) is 61.2 Å². The zero-order valence-corrected chi connectivity index (χ0v) is 11.6. The fourth-order valence-corrected chi connectivity index (χ4v) is 1.99. The van der Waals surface area contributed by atoms with Crippen molar-refractivity contribution in [2.24, 2.45) is 0 Å². The average molecular weight is 299 g/mol. The number of hydrogen-bond acceptors (Lipinski definition) is 4. The van der Waals surface area contributed by atoms with Gasteiger partial charge in [0.25, 0.3) is 5.69 Å². The molecule has 0 saturated carbocycles. The van der Waals surface area contributed by atoms with Crippen LogP contribution in [-0.4, -0.2) is 16.5 Å². The van der Waals surface area contributed by atoms with Crippen LogP contribution in [0.3, 0.4) is 0 Å². The fraction of sp³-hybridized carbons (Fsp3) is 0.0667. The first-order valence-corrected chi connectivity index (χ1v) is 6.40. The molecule has 0 atom stereocenters. The number of nitro groups is 2. The number of rotatable bonds is 6. The number of hydrogen-bond donors (Lipinski definition) is 0. The van der Waals surface area contributed by atoms with Crippen LogP contribution in [0.5, 0.6) is 0 Å².